The summed E-state index contributed by atoms with van der Waals surface area (Å²) in [5.74, 6) is -0.208. The van der Waals surface area contributed by atoms with Crippen LogP contribution in [0.25, 0.3) is 0 Å². The second-order valence-corrected chi connectivity index (χ2v) is 3.51. The lowest BCUT2D eigenvalue weighted by atomic mass is 10.1. The monoisotopic (exact) mass is 228 g/mol. The molecule has 0 rings (SSSR count). The first-order valence-electron chi connectivity index (χ1n) is 5.45. The van der Waals surface area contributed by atoms with Crippen molar-refractivity contribution in [1.82, 2.24) is 5.32 Å². The summed E-state index contributed by atoms with van der Waals surface area (Å²) in [4.78, 5) is 21.5. The van der Waals surface area contributed by atoms with Gasteiger partial charge in [-0.3, -0.25) is 4.79 Å². The van der Waals surface area contributed by atoms with Gasteiger partial charge in [-0.2, -0.15) is 0 Å². The number of ether oxygens (including phenoxy) is 1. The number of primary amides is 1. The average Bonchev–Trinajstić information content (AvgIpc) is 2.24. The molecule has 0 fully saturated rings. The second kappa shape index (κ2) is 8.76. The van der Waals surface area contributed by atoms with E-state index >= 15 is 0 Å². The molecule has 0 aromatic rings. The van der Waals surface area contributed by atoms with Crippen molar-refractivity contribution in [3.63, 3.8) is 0 Å². The maximum Gasteiger partial charge on any atom is 0.404 e. The Labute approximate surface area is 96.0 Å². The summed E-state index contributed by atoms with van der Waals surface area (Å²) in [7, 11) is 0. The molecule has 0 radical (unpaired) electrons. The van der Waals surface area contributed by atoms with Crippen LogP contribution >= 0.6 is 0 Å². The molecular weight excluding hydrogens is 208 g/mol. The molecule has 0 spiro atoms. The number of nitrogens with one attached hydrogen (secondary N) is 1. The van der Waals surface area contributed by atoms with Crippen molar-refractivity contribution in [2.75, 3.05) is 6.61 Å². The molecule has 1 atom stereocenters. The molecule has 5 heteroatoms. The first-order valence-corrected chi connectivity index (χ1v) is 5.45. The molecule has 92 valence electrons. The molecule has 0 aliphatic carbocycles. The molecule has 0 aromatic carbocycles. The number of carbonyl (C=O) groups is 2. The lowest BCUT2D eigenvalue weighted by Gasteiger charge is -2.17. The molecule has 0 bridgehead atoms. The Balaban J connectivity index is 3.93. The van der Waals surface area contributed by atoms with Crippen LogP contribution in [0.2, 0.25) is 0 Å². The van der Waals surface area contributed by atoms with Crippen molar-refractivity contribution in [3.05, 3.63) is 12.7 Å². The highest BCUT2D eigenvalue weighted by Crippen LogP contribution is 2.05. The third kappa shape index (κ3) is 7.84. The number of unbranched alkanes of at least 4 members (excludes halogenated alkanes) is 1. The van der Waals surface area contributed by atoms with Crippen LogP contribution in [0.3, 0.4) is 0 Å². The number of nitrogens with two attached hydrogens (primary N) is 1. The Morgan fingerprint density at radius 3 is 2.69 bits per heavy atom. The molecule has 0 aliphatic rings. The summed E-state index contributed by atoms with van der Waals surface area (Å²) in [5, 5.41) is 2.79. The van der Waals surface area contributed by atoms with Gasteiger partial charge in [0.2, 0.25) is 5.91 Å². The zero-order chi connectivity index (χ0) is 12.4. The molecule has 3 N–H and O–H groups in total. The summed E-state index contributed by atoms with van der Waals surface area (Å²) in [6.07, 6.45) is 3.94. The van der Waals surface area contributed by atoms with E-state index in [-0.39, 0.29) is 18.6 Å². The van der Waals surface area contributed by atoms with Gasteiger partial charge in [0.25, 0.3) is 0 Å². The fraction of sp³-hybridized carbons (Fsp3) is 0.636. The van der Waals surface area contributed by atoms with E-state index in [4.69, 9.17) is 5.73 Å². The highest BCUT2D eigenvalue weighted by molar-refractivity contribution is 5.87. The number of amides is 2. The SMILES string of the molecule is C=CC(=O)NC(CCCC)CCOC(N)=O. The van der Waals surface area contributed by atoms with Crippen molar-refractivity contribution < 1.29 is 14.3 Å². The van der Waals surface area contributed by atoms with E-state index in [0.717, 1.165) is 19.3 Å². The van der Waals surface area contributed by atoms with Crippen LogP contribution in [-0.4, -0.2) is 24.6 Å². The van der Waals surface area contributed by atoms with Crippen LogP contribution in [0.5, 0.6) is 0 Å². The van der Waals surface area contributed by atoms with Gasteiger partial charge in [0.15, 0.2) is 0 Å². The van der Waals surface area contributed by atoms with Crippen LogP contribution in [0.1, 0.15) is 32.6 Å². The lowest BCUT2D eigenvalue weighted by molar-refractivity contribution is -0.117. The van der Waals surface area contributed by atoms with E-state index < -0.39 is 6.09 Å². The zero-order valence-electron chi connectivity index (χ0n) is 9.70. The molecule has 0 heterocycles. The molecule has 0 aromatic heterocycles. The summed E-state index contributed by atoms with van der Waals surface area (Å²) in [5.41, 5.74) is 4.84. The van der Waals surface area contributed by atoms with Crippen LogP contribution < -0.4 is 11.1 Å². The molecule has 2 amide bonds. The highest BCUT2D eigenvalue weighted by atomic mass is 16.5. The Bertz CT molecular complexity index is 241. The number of hydrogen-bond acceptors (Lipinski definition) is 3. The van der Waals surface area contributed by atoms with Gasteiger partial charge in [-0.15, -0.1) is 0 Å². The van der Waals surface area contributed by atoms with Gasteiger partial charge in [-0.05, 0) is 12.5 Å². The minimum absolute atomic E-state index is 0.00444. The molecule has 16 heavy (non-hydrogen) atoms. The fourth-order valence-electron chi connectivity index (χ4n) is 1.30. The van der Waals surface area contributed by atoms with Crippen LogP contribution in [-0.2, 0) is 9.53 Å². The van der Waals surface area contributed by atoms with Gasteiger partial charge in [-0.25, -0.2) is 4.79 Å². The first kappa shape index (κ1) is 14.5. The minimum Gasteiger partial charge on any atom is -0.450 e. The Kier molecular flexibility index (Phi) is 7.93. The normalized spacial score (nSPS) is 11.6. The van der Waals surface area contributed by atoms with Crippen molar-refractivity contribution in [2.45, 2.75) is 38.6 Å². The highest BCUT2D eigenvalue weighted by Gasteiger charge is 2.10. The van der Waals surface area contributed by atoms with E-state index in [0.29, 0.717) is 6.42 Å². The van der Waals surface area contributed by atoms with Gasteiger partial charge < -0.3 is 15.8 Å². The predicted molar refractivity (Wildman–Crippen MR) is 61.8 cm³/mol. The number of rotatable bonds is 8. The predicted octanol–water partition coefficient (Wildman–Crippen LogP) is 1.33. The third-order valence-electron chi connectivity index (χ3n) is 2.15. The quantitative estimate of drug-likeness (QED) is 0.615. The molecular formula is C11H20N2O3. The molecule has 0 aliphatic heterocycles. The van der Waals surface area contributed by atoms with E-state index in [1.54, 1.807) is 0 Å². The van der Waals surface area contributed by atoms with Gasteiger partial charge in [0, 0.05) is 12.5 Å². The summed E-state index contributed by atoms with van der Waals surface area (Å²) < 4.78 is 4.63. The van der Waals surface area contributed by atoms with E-state index in [1.165, 1.54) is 6.08 Å². The van der Waals surface area contributed by atoms with Crippen molar-refractivity contribution in [3.8, 4) is 0 Å². The minimum atomic E-state index is -0.788. The molecule has 0 saturated heterocycles. The Morgan fingerprint density at radius 1 is 1.50 bits per heavy atom. The van der Waals surface area contributed by atoms with E-state index in [1.807, 2.05) is 0 Å². The molecule has 0 saturated carbocycles. The third-order valence-corrected chi connectivity index (χ3v) is 2.15. The molecule has 5 nitrogen and oxygen atoms in total. The van der Waals surface area contributed by atoms with Crippen molar-refractivity contribution in [2.24, 2.45) is 5.73 Å². The maximum absolute atomic E-state index is 11.1. The second-order valence-electron chi connectivity index (χ2n) is 3.51. The first-order chi connectivity index (χ1) is 7.60. The average molecular weight is 228 g/mol. The van der Waals surface area contributed by atoms with Crippen LogP contribution in [0.15, 0.2) is 12.7 Å². The van der Waals surface area contributed by atoms with Gasteiger partial charge in [0.05, 0.1) is 6.61 Å². The van der Waals surface area contributed by atoms with Crippen LogP contribution in [0.4, 0.5) is 4.79 Å². The maximum atomic E-state index is 11.1. The number of hydrogen-bond donors (Lipinski definition) is 2. The van der Waals surface area contributed by atoms with E-state index in [9.17, 15) is 9.59 Å². The zero-order valence-corrected chi connectivity index (χ0v) is 9.70. The van der Waals surface area contributed by atoms with E-state index in [2.05, 4.69) is 23.6 Å². The summed E-state index contributed by atoms with van der Waals surface area (Å²) in [6, 6.07) is 0.00444. The van der Waals surface area contributed by atoms with Gasteiger partial charge >= 0.3 is 6.09 Å². The fourth-order valence-corrected chi connectivity index (χ4v) is 1.30. The van der Waals surface area contributed by atoms with Gasteiger partial charge in [-0.1, -0.05) is 26.3 Å². The topological polar surface area (TPSA) is 81.4 Å². The van der Waals surface area contributed by atoms with Crippen molar-refractivity contribution in [1.29, 1.82) is 0 Å². The Morgan fingerprint density at radius 2 is 2.19 bits per heavy atom. The smallest absolute Gasteiger partial charge is 0.404 e. The van der Waals surface area contributed by atoms with Gasteiger partial charge in [0.1, 0.15) is 0 Å². The molecule has 1 unspecified atom stereocenters. The Hall–Kier alpha value is -1.52. The summed E-state index contributed by atoms with van der Waals surface area (Å²) >= 11 is 0. The van der Waals surface area contributed by atoms with Crippen molar-refractivity contribution >= 4 is 12.0 Å². The summed E-state index contributed by atoms with van der Waals surface area (Å²) in [6.45, 7) is 5.68. The standard InChI is InChI=1S/C11H20N2O3/c1-3-5-6-9(13-10(14)4-2)7-8-16-11(12)15/h4,9H,2-3,5-8H2,1H3,(H2,12,15)(H,13,14). The largest absolute Gasteiger partial charge is 0.450 e. The lowest BCUT2D eigenvalue weighted by Crippen LogP contribution is -2.35. The van der Waals surface area contributed by atoms with Crippen LogP contribution in [0, 0.1) is 0 Å². The number of carbonyl (C=O) groups excluding carboxylic acids is 2.